The van der Waals surface area contributed by atoms with Gasteiger partial charge in [-0.2, -0.15) is 5.10 Å². The number of carbonyl (C=O) groups is 2. The maximum atomic E-state index is 12.0. The molecule has 0 saturated heterocycles. The molecule has 2 amide bonds. The largest absolute Gasteiger partial charge is 0.399 e. The molecule has 100 valence electrons. The summed E-state index contributed by atoms with van der Waals surface area (Å²) >= 11 is 0. The van der Waals surface area contributed by atoms with E-state index in [2.05, 4.69) is 15.5 Å². The van der Waals surface area contributed by atoms with Crippen LogP contribution in [0.4, 0.5) is 5.69 Å². The summed E-state index contributed by atoms with van der Waals surface area (Å²) in [5.74, 6) is -0.597. The van der Waals surface area contributed by atoms with Gasteiger partial charge in [0, 0.05) is 25.2 Å². The number of aromatic nitrogens is 2. The molecule has 0 radical (unpaired) electrons. The number of nitrogen functional groups attached to an aromatic ring is 1. The van der Waals surface area contributed by atoms with Gasteiger partial charge in [0.25, 0.3) is 5.91 Å². The lowest BCUT2D eigenvalue weighted by Crippen LogP contribution is -2.36. The van der Waals surface area contributed by atoms with E-state index in [1.165, 1.54) is 4.90 Å². The van der Waals surface area contributed by atoms with E-state index in [-0.39, 0.29) is 18.1 Å². The minimum Gasteiger partial charge on any atom is -0.399 e. The number of H-pyrrole nitrogens is 1. The number of benzene rings is 1. The first-order chi connectivity index (χ1) is 8.99. The van der Waals surface area contributed by atoms with Gasteiger partial charge in [0.05, 0.1) is 12.1 Å². The molecule has 7 heteroatoms. The summed E-state index contributed by atoms with van der Waals surface area (Å²) in [5, 5.41) is 9.84. The van der Waals surface area contributed by atoms with Gasteiger partial charge in [0.15, 0.2) is 5.69 Å². The Bertz CT molecular complexity index is 632. The fourth-order valence-corrected chi connectivity index (χ4v) is 1.60. The van der Waals surface area contributed by atoms with Crippen LogP contribution in [0.5, 0.6) is 0 Å². The highest BCUT2D eigenvalue weighted by Gasteiger charge is 2.15. The molecule has 0 saturated carbocycles. The fourth-order valence-electron chi connectivity index (χ4n) is 1.60. The number of hydrogen-bond acceptors (Lipinski definition) is 4. The Labute approximate surface area is 109 Å². The summed E-state index contributed by atoms with van der Waals surface area (Å²) in [7, 11) is 3.25. The average Bonchev–Trinajstić information content (AvgIpc) is 2.78. The van der Waals surface area contributed by atoms with Gasteiger partial charge in [-0.1, -0.05) is 0 Å². The molecule has 19 heavy (non-hydrogen) atoms. The molecule has 0 bridgehead atoms. The van der Waals surface area contributed by atoms with E-state index in [0.29, 0.717) is 11.1 Å². The number of hydrogen-bond donors (Lipinski definition) is 3. The van der Waals surface area contributed by atoms with Crippen molar-refractivity contribution in [1.29, 1.82) is 0 Å². The van der Waals surface area contributed by atoms with Gasteiger partial charge in [0.2, 0.25) is 5.91 Å². The first-order valence-corrected chi connectivity index (χ1v) is 5.71. The first kappa shape index (κ1) is 12.9. The molecule has 0 unspecified atom stereocenters. The quantitative estimate of drug-likeness (QED) is 0.674. The molecule has 0 aliphatic heterocycles. The predicted molar refractivity (Wildman–Crippen MR) is 71.5 cm³/mol. The van der Waals surface area contributed by atoms with Crippen molar-refractivity contribution in [2.24, 2.45) is 0 Å². The Kier molecular flexibility index (Phi) is 3.37. The predicted octanol–water partition coefficient (Wildman–Crippen LogP) is -0.0369. The zero-order valence-electron chi connectivity index (χ0n) is 10.7. The van der Waals surface area contributed by atoms with Crippen molar-refractivity contribution in [2.75, 3.05) is 26.4 Å². The third-order valence-corrected chi connectivity index (χ3v) is 2.70. The van der Waals surface area contributed by atoms with Crippen LogP contribution in [0.3, 0.4) is 0 Å². The Morgan fingerprint density at radius 1 is 1.42 bits per heavy atom. The van der Waals surface area contributed by atoms with Crippen LogP contribution in [0, 0.1) is 0 Å². The van der Waals surface area contributed by atoms with Crippen LogP contribution < -0.4 is 11.1 Å². The lowest BCUT2D eigenvalue weighted by Gasteiger charge is -2.10. The van der Waals surface area contributed by atoms with Crippen LogP contribution >= 0.6 is 0 Å². The molecule has 7 nitrogen and oxygen atoms in total. The smallest absolute Gasteiger partial charge is 0.272 e. The average molecular weight is 261 g/mol. The molecule has 0 aliphatic rings. The van der Waals surface area contributed by atoms with E-state index in [0.717, 1.165) is 5.52 Å². The normalized spacial score (nSPS) is 10.4. The lowest BCUT2D eigenvalue weighted by atomic mass is 10.2. The molecular weight excluding hydrogens is 246 g/mol. The minimum atomic E-state index is -0.410. The highest BCUT2D eigenvalue weighted by Crippen LogP contribution is 2.18. The number of amides is 2. The minimum absolute atomic E-state index is 0.0670. The van der Waals surface area contributed by atoms with Crippen LogP contribution in [0.1, 0.15) is 10.5 Å². The summed E-state index contributed by atoms with van der Waals surface area (Å²) in [6.07, 6.45) is 0. The SMILES string of the molecule is CN(C)C(=O)CNC(=O)c1n[nH]c2ccc(N)cc12. The van der Waals surface area contributed by atoms with Crippen molar-refractivity contribution in [3.8, 4) is 0 Å². The monoisotopic (exact) mass is 261 g/mol. The number of nitrogens with zero attached hydrogens (tertiary/aromatic N) is 2. The molecule has 1 aromatic carbocycles. The van der Waals surface area contributed by atoms with Crippen LogP contribution in [0.25, 0.3) is 10.9 Å². The number of fused-ring (bicyclic) bond motifs is 1. The third-order valence-electron chi connectivity index (χ3n) is 2.70. The molecule has 2 rings (SSSR count). The number of anilines is 1. The molecule has 0 atom stereocenters. The Morgan fingerprint density at radius 3 is 2.84 bits per heavy atom. The second-order valence-electron chi connectivity index (χ2n) is 4.35. The Morgan fingerprint density at radius 2 is 2.16 bits per heavy atom. The van der Waals surface area contributed by atoms with Crippen molar-refractivity contribution >= 4 is 28.4 Å². The van der Waals surface area contributed by atoms with Gasteiger partial charge < -0.3 is 16.0 Å². The highest BCUT2D eigenvalue weighted by atomic mass is 16.2. The zero-order valence-corrected chi connectivity index (χ0v) is 10.7. The standard InChI is InChI=1S/C12H15N5O2/c1-17(2)10(18)6-14-12(19)11-8-5-7(13)3-4-9(8)15-16-11/h3-5H,6,13H2,1-2H3,(H,14,19)(H,15,16). The van der Waals surface area contributed by atoms with E-state index < -0.39 is 5.91 Å². The van der Waals surface area contributed by atoms with Crippen LogP contribution in [-0.4, -0.2) is 47.6 Å². The van der Waals surface area contributed by atoms with Crippen molar-refractivity contribution in [2.45, 2.75) is 0 Å². The summed E-state index contributed by atoms with van der Waals surface area (Å²) in [5.41, 5.74) is 7.18. The third kappa shape index (κ3) is 2.65. The van der Waals surface area contributed by atoms with E-state index in [1.807, 2.05) is 0 Å². The van der Waals surface area contributed by atoms with Gasteiger partial charge in [-0.15, -0.1) is 0 Å². The number of nitrogens with one attached hydrogen (secondary N) is 2. The Hall–Kier alpha value is -2.57. The molecule has 2 aromatic rings. The molecule has 0 aliphatic carbocycles. The maximum absolute atomic E-state index is 12.0. The number of carbonyl (C=O) groups excluding carboxylic acids is 2. The van der Waals surface area contributed by atoms with Gasteiger partial charge in [-0.25, -0.2) is 0 Å². The van der Waals surface area contributed by atoms with Gasteiger partial charge >= 0.3 is 0 Å². The zero-order chi connectivity index (χ0) is 14.0. The van der Waals surface area contributed by atoms with Crippen molar-refractivity contribution in [3.05, 3.63) is 23.9 Å². The molecule has 0 spiro atoms. The number of rotatable bonds is 3. The lowest BCUT2D eigenvalue weighted by molar-refractivity contribution is -0.127. The topological polar surface area (TPSA) is 104 Å². The number of aromatic amines is 1. The summed E-state index contributed by atoms with van der Waals surface area (Å²) in [4.78, 5) is 24.8. The van der Waals surface area contributed by atoms with E-state index in [4.69, 9.17) is 5.73 Å². The van der Waals surface area contributed by atoms with Gasteiger partial charge in [0.1, 0.15) is 0 Å². The molecular formula is C12H15N5O2. The second-order valence-corrected chi connectivity index (χ2v) is 4.35. The molecule has 0 fully saturated rings. The summed E-state index contributed by atoms with van der Waals surface area (Å²) in [6, 6.07) is 5.14. The second kappa shape index (κ2) is 4.97. The molecule has 4 N–H and O–H groups in total. The van der Waals surface area contributed by atoms with Crippen LogP contribution in [0.2, 0.25) is 0 Å². The Balaban J connectivity index is 2.18. The van der Waals surface area contributed by atoms with E-state index >= 15 is 0 Å². The summed E-state index contributed by atoms with van der Waals surface area (Å²) in [6.45, 7) is -0.0670. The number of likely N-dealkylation sites (N-methyl/N-ethyl adjacent to an activating group) is 1. The van der Waals surface area contributed by atoms with Crippen molar-refractivity contribution in [1.82, 2.24) is 20.4 Å². The van der Waals surface area contributed by atoms with Crippen LogP contribution in [-0.2, 0) is 4.79 Å². The molecule has 1 heterocycles. The highest BCUT2D eigenvalue weighted by molar-refractivity contribution is 6.06. The van der Waals surface area contributed by atoms with E-state index in [9.17, 15) is 9.59 Å². The van der Waals surface area contributed by atoms with E-state index in [1.54, 1.807) is 32.3 Å². The maximum Gasteiger partial charge on any atom is 0.272 e. The van der Waals surface area contributed by atoms with Gasteiger partial charge in [-0.3, -0.25) is 14.7 Å². The van der Waals surface area contributed by atoms with Gasteiger partial charge in [-0.05, 0) is 18.2 Å². The van der Waals surface area contributed by atoms with Crippen molar-refractivity contribution in [3.63, 3.8) is 0 Å². The first-order valence-electron chi connectivity index (χ1n) is 5.71. The van der Waals surface area contributed by atoms with Crippen LogP contribution in [0.15, 0.2) is 18.2 Å². The summed E-state index contributed by atoms with van der Waals surface area (Å²) < 4.78 is 0. The number of nitrogens with two attached hydrogens (primary N) is 1. The fraction of sp³-hybridized carbons (Fsp3) is 0.250. The molecule has 1 aromatic heterocycles. The van der Waals surface area contributed by atoms with Crippen molar-refractivity contribution < 1.29 is 9.59 Å².